The molecule has 0 saturated carbocycles. The first-order chi connectivity index (χ1) is 14.0. The normalized spacial score (nSPS) is 17.1. The summed E-state index contributed by atoms with van der Waals surface area (Å²) >= 11 is 0. The maximum Gasteiger partial charge on any atom is 0.335 e. The summed E-state index contributed by atoms with van der Waals surface area (Å²) in [5.74, 6) is -0.227. The van der Waals surface area contributed by atoms with Gasteiger partial charge in [0.25, 0.3) is 0 Å². The van der Waals surface area contributed by atoms with E-state index in [0.29, 0.717) is 44.2 Å². The van der Waals surface area contributed by atoms with Gasteiger partial charge in [0.1, 0.15) is 0 Å². The summed E-state index contributed by atoms with van der Waals surface area (Å²) < 4.78 is 15.9. The van der Waals surface area contributed by atoms with Crippen molar-refractivity contribution in [1.29, 1.82) is 0 Å². The average Bonchev–Trinajstić information content (AvgIpc) is 2.93. The summed E-state index contributed by atoms with van der Waals surface area (Å²) in [6.07, 6.45) is 1.25. The number of imide groups is 2. The van der Waals surface area contributed by atoms with Crippen LogP contribution in [0.25, 0.3) is 0 Å². The van der Waals surface area contributed by atoms with Crippen molar-refractivity contribution in [2.75, 3.05) is 47.2 Å². The Morgan fingerprint density at radius 2 is 1.62 bits per heavy atom. The van der Waals surface area contributed by atoms with E-state index in [1.165, 1.54) is 0 Å². The van der Waals surface area contributed by atoms with Gasteiger partial charge in [0, 0.05) is 32.8 Å². The molecule has 1 aromatic carbocycles. The molecular formula is C20H27N3O6. The van der Waals surface area contributed by atoms with Gasteiger partial charge in [0.2, 0.25) is 0 Å². The highest BCUT2D eigenvalue weighted by Crippen LogP contribution is 2.33. The minimum atomic E-state index is -0.774. The second-order valence-electron chi connectivity index (χ2n) is 6.94. The first kappa shape index (κ1) is 21.1. The van der Waals surface area contributed by atoms with Gasteiger partial charge in [-0.05, 0) is 43.0 Å². The second kappa shape index (κ2) is 9.23. The fourth-order valence-electron chi connectivity index (χ4n) is 3.60. The van der Waals surface area contributed by atoms with Gasteiger partial charge < -0.3 is 14.2 Å². The van der Waals surface area contributed by atoms with Crippen LogP contribution >= 0.6 is 0 Å². The van der Waals surface area contributed by atoms with Gasteiger partial charge in [-0.15, -0.1) is 0 Å². The molecule has 1 aromatic rings. The standard InChI is InChI=1S/C20H27N3O6/c1-4-29-9-5-7-22-18(24)19(25)23(20(22)26)13-21-8-6-14-10-16(27-2)17(28-3)11-15(14)12-21/h10-11H,4-9,12-13H2,1-3H3. The molecule has 4 amide bonds. The number of hydrogen-bond donors (Lipinski definition) is 0. The first-order valence-corrected chi connectivity index (χ1v) is 9.71. The third-order valence-corrected chi connectivity index (χ3v) is 5.15. The Morgan fingerprint density at radius 3 is 2.28 bits per heavy atom. The third-order valence-electron chi connectivity index (χ3n) is 5.15. The molecule has 2 aliphatic rings. The smallest absolute Gasteiger partial charge is 0.335 e. The third kappa shape index (κ3) is 4.35. The Bertz CT molecular complexity index is 797. The van der Waals surface area contributed by atoms with Crippen LogP contribution in [-0.4, -0.2) is 79.7 Å². The predicted molar refractivity (Wildman–Crippen MR) is 104 cm³/mol. The van der Waals surface area contributed by atoms with Crippen LogP contribution < -0.4 is 9.47 Å². The lowest BCUT2D eigenvalue weighted by Gasteiger charge is -2.31. The van der Waals surface area contributed by atoms with E-state index < -0.39 is 17.8 Å². The van der Waals surface area contributed by atoms with E-state index in [-0.39, 0.29) is 13.2 Å². The van der Waals surface area contributed by atoms with Crippen LogP contribution in [-0.2, 0) is 27.3 Å². The monoisotopic (exact) mass is 405 g/mol. The summed E-state index contributed by atoms with van der Waals surface area (Å²) in [7, 11) is 3.18. The van der Waals surface area contributed by atoms with Crippen molar-refractivity contribution in [2.24, 2.45) is 0 Å². The average molecular weight is 405 g/mol. The SMILES string of the molecule is CCOCCCN1C(=O)C(=O)N(CN2CCc3cc(OC)c(OC)cc3C2)C1=O. The van der Waals surface area contributed by atoms with E-state index in [2.05, 4.69) is 0 Å². The molecule has 1 saturated heterocycles. The van der Waals surface area contributed by atoms with Gasteiger partial charge in [-0.2, -0.15) is 0 Å². The predicted octanol–water partition coefficient (Wildman–Crippen LogP) is 1.24. The van der Waals surface area contributed by atoms with Crippen molar-refractivity contribution in [3.05, 3.63) is 23.3 Å². The molecule has 0 unspecified atom stereocenters. The Hall–Kier alpha value is -2.65. The lowest BCUT2D eigenvalue weighted by atomic mass is 9.99. The number of benzene rings is 1. The number of rotatable bonds is 9. The fourth-order valence-corrected chi connectivity index (χ4v) is 3.60. The minimum absolute atomic E-state index is 0.0825. The van der Waals surface area contributed by atoms with E-state index >= 15 is 0 Å². The van der Waals surface area contributed by atoms with Crippen molar-refractivity contribution in [3.8, 4) is 11.5 Å². The molecule has 0 aromatic heterocycles. The summed E-state index contributed by atoms with van der Waals surface area (Å²) in [6.45, 7) is 4.36. The Morgan fingerprint density at radius 1 is 0.966 bits per heavy atom. The fraction of sp³-hybridized carbons (Fsp3) is 0.550. The number of hydrogen-bond acceptors (Lipinski definition) is 7. The summed E-state index contributed by atoms with van der Waals surface area (Å²) in [4.78, 5) is 41.1. The number of amides is 4. The van der Waals surface area contributed by atoms with Crippen LogP contribution in [0.5, 0.6) is 11.5 Å². The van der Waals surface area contributed by atoms with Crippen molar-refractivity contribution in [3.63, 3.8) is 0 Å². The van der Waals surface area contributed by atoms with Crippen molar-refractivity contribution in [2.45, 2.75) is 26.3 Å². The molecule has 3 rings (SSSR count). The van der Waals surface area contributed by atoms with Crippen LogP contribution in [0.15, 0.2) is 12.1 Å². The zero-order valence-corrected chi connectivity index (χ0v) is 17.1. The lowest BCUT2D eigenvalue weighted by Crippen LogP contribution is -2.44. The highest BCUT2D eigenvalue weighted by molar-refractivity contribution is 6.44. The number of nitrogens with zero attached hydrogens (tertiary/aromatic N) is 3. The van der Waals surface area contributed by atoms with Crippen LogP contribution in [0, 0.1) is 0 Å². The van der Waals surface area contributed by atoms with Gasteiger partial charge in [-0.3, -0.25) is 19.4 Å². The zero-order valence-electron chi connectivity index (χ0n) is 17.1. The molecule has 158 valence electrons. The number of methoxy groups -OCH3 is 2. The van der Waals surface area contributed by atoms with Crippen molar-refractivity contribution >= 4 is 17.8 Å². The number of carbonyl (C=O) groups is 3. The van der Waals surface area contributed by atoms with Crippen LogP contribution in [0.2, 0.25) is 0 Å². The Labute approximate surface area is 170 Å². The molecule has 0 radical (unpaired) electrons. The Kier molecular flexibility index (Phi) is 6.71. The quantitative estimate of drug-likeness (QED) is 0.347. The highest BCUT2D eigenvalue weighted by atomic mass is 16.5. The van der Waals surface area contributed by atoms with E-state index in [1.54, 1.807) is 14.2 Å². The van der Waals surface area contributed by atoms with Crippen LogP contribution in [0.1, 0.15) is 24.5 Å². The van der Waals surface area contributed by atoms with Crippen molar-refractivity contribution in [1.82, 2.24) is 14.7 Å². The molecule has 1 fully saturated rings. The second-order valence-corrected chi connectivity index (χ2v) is 6.94. The van der Waals surface area contributed by atoms with Gasteiger partial charge in [0.15, 0.2) is 11.5 Å². The molecule has 9 nitrogen and oxygen atoms in total. The van der Waals surface area contributed by atoms with Crippen LogP contribution in [0.3, 0.4) is 0 Å². The summed E-state index contributed by atoms with van der Waals surface area (Å²) in [6, 6.07) is 3.31. The molecule has 0 atom stereocenters. The molecule has 2 heterocycles. The molecule has 0 N–H and O–H groups in total. The maximum atomic E-state index is 12.6. The molecule has 2 aliphatic heterocycles. The van der Waals surface area contributed by atoms with Gasteiger partial charge >= 0.3 is 17.8 Å². The largest absolute Gasteiger partial charge is 0.493 e. The summed E-state index contributed by atoms with van der Waals surface area (Å²) in [5.41, 5.74) is 2.19. The van der Waals surface area contributed by atoms with Gasteiger partial charge in [-0.25, -0.2) is 9.69 Å². The van der Waals surface area contributed by atoms with Crippen LogP contribution in [0.4, 0.5) is 4.79 Å². The minimum Gasteiger partial charge on any atom is -0.493 e. The van der Waals surface area contributed by atoms with E-state index in [4.69, 9.17) is 14.2 Å². The lowest BCUT2D eigenvalue weighted by molar-refractivity contribution is -0.144. The summed E-state index contributed by atoms with van der Waals surface area (Å²) in [5, 5.41) is 0. The van der Waals surface area contributed by atoms with E-state index in [0.717, 1.165) is 27.3 Å². The first-order valence-electron chi connectivity index (χ1n) is 9.71. The molecular weight excluding hydrogens is 378 g/mol. The van der Waals surface area contributed by atoms with E-state index in [1.807, 2.05) is 24.0 Å². The zero-order chi connectivity index (χ0) is 21.0. The van der Waals surface area contributed by atoms with Gasteiger partial charge in [0.05, 0.1) is 20.9 Å². The topological polar surface area (TPSA) is 88.6 Å². The molecule has 0 spiro atoms. The number of fused-ring (bicyclic) bond motifs is 1. The number of urea groups is 1. The van der Waals surface area contributed by atoms with Crippen molar-refractivity contribution < 1.29 is 28.6 Å². The number of ether oxygens (including phenoxy) is 3. The molecule has 0 bridgehead atoms. The maximum absolute atomic E-state index is 12.6. The molecule has 9 heteroatoms. The molecule has 29 heavy (non-hydrogen) atoms. The van der Waals surface area contributed by atoms with Gasteiger partial charge in [-0.1, -0.05) is 0 Å². The highest BCUT2D eigenvalue weighted by Gasteiger charge is 2.44. The Balaban J connectivity index is 1.65. The number of carbonyl (C=O) groups excluding carboxylic acids is 3. The molecule has 0 aliphatic carbocycles. The van der Waals surface area contributed by atoms with E-state index in [9.17, 15) is 14.4 Å².